The summed E-state index contributed by atoms with van der Waals surface area (Å²) in [6, 6.07) is 16.4. The molecule has 0 saturated heterocycles. The topological polar surface area (TPSA) is 69.6 Å². The fraction of sp³-hybridized carbons (Fsp3) is 0.176. The van der Waals surface area contributed by atoms with Crippen molar-refractivity contribution in [2.24, 2.45) is 0 Å². The van der Waals surface area contributed by atoms with Crippen LogP contribution in [0.1, 0.15) is 5.56 Å². The van der Waals surface area contributed by atoms with Gasteiger partial charge in [0.25, 0.3) is 0 Å². The Morgan fingerprint density at radius 1 is 1.04 bits per heavy atom. The summed E-state index contributed by atoms with van der Waals surface area (Å²) in [7, 11) is 0. The lowest BCUT2D eigenvalue weighted by Crippen LogP contribution is -2.40. The first-order valence-corrected chi connectivity index (χ1v) is 7.90. The van der Waals surface area contributed by atoms with Crippen molar-refractivity contribution in [3.05, 3.63) is 64.6 Å². The van der Waals surface area contributed by atoms with Crippen molar-refractivity contribution >= 4 is 33.4 Å². The normalized spacial score (nSPS) is 10.2. The molecule has 2 N–H and O–H groups in total. The van der Waals surface area contributed by atoms with Crippen molar-refractivity contribution in [2.45, 2.75) is 6.54 Å². The van der Waals surface area contributed by atoms with Crippen LogP contribution >= 0.6 is 15.9 Å². The number of nitrogens with zero attached hydrogens (tertiary/aromatic N) is 1. The highest BCUT2D eigenvalue weighted by molar-refractivity contribution is 9.10. The number of aliphatic hydroxyl groups excluding tert-OH is 1. The lowest BCUT2D eigenvalue weighted by atomic mass is 10.2. The van der Waals surface area contributed by atoms with E-state index in [2.05, 4.69) is 21.2 Å². The maximum Gasteiger partial charge on any atom is 0.313 e. The van der Waals surface area contributed by atoms with E-state index in [9.17, 15) is 9.59 Å². The summed E-state index contributed by atoms with van der Waals surface area (Å²) in [6.45, 7) is 0.154. The third kappa shape index (κ3) is 4.91. The Morgan fingerprint density at radius 3 is 2.35 bits per heavy atom. The van der Waals surface area contributed by atoms with Crippen LogP contribution in [0.3, 0.4) is 0 Å². The number of rotatable bonds is 5. The van der Waals surface area contributed by atoms with Crippen LogP contribution in [0.4, 0.5) is 5.69 Å². The molecule has 0 unspecified atom stereocenters. The first-order valence-electron chi connectivity index (χ1n) is 7.11. The molecule has 5 nitrogen and oxygen atoms in total. The molecule has 2 aromatic rings. The molecule has 0 aliphatic carbocycles. The van der Waals surface area contributed by atoms with Crippen molar-refractivity contribution < 1.29 is 14.7 Å². The molecule has 2 aromatic carbocycles. The molecule has 6 heteroatoms. The third-order valence-electron chi connectivity index (χ3n) is 3.19. The van der Waals surface area contributed by atoms with Gasteiger partial charge in [0.05, 0.1) is 12.3 Å². The fourth-order valence-electron chi connectivity index (χ4n) is 2.06. The molecule has 0 saturated carbocycles. The molecule has 120 valence electrons. The molecule has 0 spiro atoms. The summed E-state index contributed by atoms with van der Waals surface area (Å²) in [6.07, 6.45) is 0. The summed E-state index contributed by atoms with van der Waals surface area (Å²) in [5, 5.41) is 11.7. The number of halogens is 1. The van der Waals surface area contributed by atoms with Crippen LogP contribution in [0.5, 0.6) is 0 Å². The second-order valence-electron chi connectivity index (χ2n) is 4.87. The smallest absolute Gasteiger partial charge is 0.313 e. The predicted molar refractivity (Wildman–Crippen MR) is 91.7 cm³/mol. The first kappa shape index (κ1) is 17.2. The second kappa shape index (κ2) is 8.45. The molecular weight excluding hydrogens is 360 g/mol. The van der Waals surface area contributed by atoms with Gasteiger partial charge in [-0.05, 0) is 33.6 Å². The van der Waals surface area contributed by atoms with E-state index in [0.717, 1.165) is 5.56 Å². The standard InChI is InChI=1S/C17H17BrN2O3/c18-14-8-4-5-9-15(14)19-16(22)17(23)20(10-11-21)12-13-6-2-1-3-7-13/h1-9,21H,10-12H2,(H,19,22). The zero-order chi connectivity index (χ0) is 16.7. The van der Waals surface area contributed by atoms with Gasteiger partial charge in [-0.1, -0.05) is 42.5 Å². The monoisotopic (exact) mass is 376 g/mol. The Kier molecular flexibility index (Phi) is 6.31. The third-order valence-corrected chi connectivity index (χ3v) is 3.88. The van der Waals surface area contributed by atoms with Gasteiger partial charge in [-0.25, -0.2) is 0 Å². The summed E-state index contributed by atoms with van der Waals surface area (Å²) >= 11 is 3.32. The summed E-state index contributed by atoms with van der Waals surface area (Å²) in [4.78, 5) is 25.8. The van der Waals surface area contributed by atoms with E-state index in [1.807, 2.05) is 36.4 Å². The number of nitrogens with one attached hydrogen (secondary N) is 1. The highest BCUT2D eigenvalue weighted by Gasteiger charge is 2.22. The SMILES string of the molecule is O=C(Nc1ccccc1Br)C(=O)N(CCO)Cc1ccccc1. The minimum atomic E-state index is -0.735. The van der Waals surface area contributed by atoms with Gasteiger partial charge in [0.15, 0.2) is 0 Å². The van der Waals surface area contributed by atoms with Gasteiger partial charge in [0, 0.05) is 17.6 Å². The lowest BCUT2D eigenvalue weighted by Gasteiger charge is -2.21. The largest absolute Gasteiger partial charge is 0.395 e. The Labute approximate surface area is 143 Å². The summed E-state index contributed by atoms with van der Waals surface area (Å²) in [5.74, 6) is -1.42. The molecule has 0 aliphatic heterocycles. The maximum absolute atomic E-state index is 12.3. The zero-order valence-electron chi connectivity index (χ0n) is 12.4. The minimum absolute atomic E-state index is 0.0944. The molecular formula is C17H17BrN2O3. The number of hydrogen-bond donors (Lipinski definition) is 2. The molecule has 0 heterocycles. The molecule has 0 bridgehead atoms. The van der Waals surface area contributed by atoms with Gasteiger partial charge in [-0.2, -0.15) is 0 Å². The van der Waals surface area contributed by atoms with E-state index in [4.69, 9.17) is 5.11 Å². The van der Waals surface area contributed by atoms with Crippen LogP contribution in [-0.2, 0) is 16.1 Å². The number of carbonyl (C=O) groups is 2. The summed E-state index contributed by atoms with van der Waals surface area (Å²) < 4.78 is 0.693. The summed E-state index contributed by atoms with van der Waals surface area (Å²) in [5.41, 5.74) is 1.41. The van der Waals surface area contributed by atoms with Crippen LogP contribution in [0.25, 0.3) is 0 Å². The van der Waals surface area contributed by atoms with E-state index in [0.29, 0.717) is 10.2 Å². The molecule has 0 aromatic heterocycles. The molecule has 0 aliphatic rings. The van der Waals surface area contributed by atoms with E-state index in [1.54, 1.807) is 18.2 Å². The van der Waals surface area contributed by atoms with E-state index < -0.39 is 11.8 Å². The molecule has 2 amide bonds. The van der Waals surface area contributed by atoms with Crippen LogP contribution in [-0.4, -0.2) is 35.0 Å². The van der Waals surface area contributed by atoms with Crippen LogP contribution < -0.4 is 5.32 Å². The van der Waals surface area contributed by atoms with Gasteiger partial charge < -0.3 is 15.3 Å². The molecule has 23 heavy (non-hydrogen) atoms. The number of benzene rings is 2. The highest BCUT2D eigenvalue weighted by Crippen LogP contribution is 2.21. The Bertz CT molecular complexity index is 677. The molecule has 2 rings (SSSR count). The van der Waals surface area contributed by atoms with Gasteiger partial charge in [0.2, 0.25) is 0 Å². The van der Waals surface area contributed by atoms with Gasteiger partial charge in [-0.3, -0.25) is 9.59 Å². The molecule has 0 atom stereocenters. The number of carbonyl (C=O) groups excluding carboxylic acids is 2. The van der Waals surface area contributed by atoms with Crippen LogP contribution in [0.2, 0.25) is 0 Å². The molecule has 0 radical (unpaired) electrons. The maximum atomic E-state index is 12.3. The number of anilines is 1. The number of para-hydroxylation sites is 1. The second-order valence-corrected chi connectivity index (χ2v) is 5.72. The van der Waals surface area contributed by atoms with Gasteiger partial charge in [0.1, 0.15) is 0 Å². The quantitative estimate of drug-likeness (QED) is 0.787. The Morgan fingerprint density at radius 2 is 1.70 bits per heavy atom. The Hall–Kier alpha value is -2.18. The van der Waals surface area contributed by atoms with Gasteiger partial charge >= 0.3 is 11.8 Å². The Balaban J connectivity index is 2.08. The van der Waals surface area contributed by atoms with Crippen LogP contribution in [0.15, 0.2) is 59.1 Å². The predicted octanol–water partition coefficient (Wildman–Crippen LogP) is 2.41. The average Bonchev–Trinajstić information content (AvgIpc) is 2.57. The van der Waals surface area contributed by atoms with Crippen molar-refractivity contribution in [1.82, 2.24) is 4.90 Å². The highest BCUT2D eigenvalue weighted by atomic mass is 79.9. The van der Waals surface area contributed by atoms with E-state index >= 15 is 0 Å². The van der Waals surface area contributed by atoms with Crippen molar-refractivity contribution in [3.63, 3.8) is 0 Å². The number of aliphatic hydroxyl groups is 1. The van der Waals surface area contributed by atoms with E-state index in [1.165, 1.54) is 4.90 Å². The molecule has 0 fully saturated rings. The fourth-order valence-corrected chi connectivity index (χ4v) is 2.44. The van der Waals surface area contributed by atoms with Gasteiger partial charge in [-0.15, -0.1) is 0 Å². The first-order chi connectivity index (χ1) is 11.1. The van der Waals surface area contributed by atoms with Crippen molar-refractivity contribution in [3.8, 4) is 0 Å². The van der Waals surface area contributed by atoms with E-state index in [-0.39, 0.29) is 19.7 Å². The zero-order valence-corrected chi connectivity index (χ0v) is 14.0. The number of hydrogen-bond acceptors (Lipinski definition) is 3. The lowest BCUT2D eigenvalue weighted by molar-refractivity contribution is -0.143. The number of amides is 2. The van der Waals surface area contributed by atoms with Crippen LogP contribution in [0, 0.1) is 0 Å². The van der Waals surface area contributed by atoms with Crippen molar-refractivity contribution in [2.75, 3.05) is 18.5 Å². The van der Waals surface area contributed by atoms with Crippen molar-refractivity contribution in [1.29, 1.82) is 0 Å². The minimum Gasteiger partial charge on any atom is -0.395 e. The average molecular weight is 377 g/mol.